The lowest BCUT2D eigenvalue weighted by molar-refractivity contribution is -0.135. The van der Waals surface area contributed by atoms with Gasteiger partial charge in [-0.1, -0.05) is 48.0 Å². The lowest BCUT2D eigenvalue weighted by Crippen LogP contribution is -2.49. The number of amides is 1. The predicted octanol–water partition coefficient (Wildman–Crippen LogP) is 5.28. The number of carbonyl (C=O) groups is 1. The van der Waals surface area contributed by atoms with Crippen LogP contribution in [-0.2, 0) is 9.53 Å². The summed E-state index contributed by atoms with van der Waals surface area (Å²) in [4.78, 5) is 14.4. The van der Waals surface area contributed by atoms with E-state index in [1.807, 2.05) is 0 Å². The molecule has 1 aliphatic heterocycles. The Morgan fingerprint density at radius 1 is 1.17 bits per heavy atom. The molecule has 24 heavy (non-hydrogen) atoms. The van der Waals surface area contributed by atoms with Gasteiger partial charge in [0.05, 0.1) is 5.60 Å². The molecule has 2 unspecified atom stereocenters. The zero-order valence-corrected chi connectivity index (χ0v) is 17.4. The van der Waals surface area contributed by atoms with Crippen molar-refractivity contribution in [3.05, 3.63) is 0 Å². The van der Waals surface area contributed by atoms with Crippen molar-refractivity contribution in [3.8, 4) is 0 Å². The maximum atomic E-state index is 12.2. The Morgan fingerprint density at radius 2 is 1.79 bits per heavy atom. The van der Waals surface area contributed by atoms with Crippen LogP contribution in [0.3, 0.4) is 0 Å². The van der Waals surface area contributed by atoms with E-state index in [0.29, 0.717) is 17.9 Å². The van der Waals surface area contributed by atoms with Gasteiger partial charge in [0.15, 0.2) is 0 Å². The minimum absolute atomic E-state index is 0.0141. The largest absolute Gasteiger partial charge is 0.375 e. The maximum absolute atomic E-state index is 12.2. The molecule has 0 saturated carbocycles. The van der Waals surface area contributed by atoms with Crippen molar-refractivity contribution in [2.24, 2.45) is 17.3 Å². The van der Waals surface area contributed by atoms with Gasteiger partial charge in [0.1, 0.15) is 0 Å². The Morgan fingerprint density at radius 3 is 2.25 bits per heavy atom. The van der Waals surface area contributed by atoms with Gasteiger partial charge in [-0.15, -0.1) is 0 Å². The van der Waals surface area contributed by atoms with Gasteiger partial charge in [0, 0.05) is 25.6 Å². The number of hydrogen-bond donors (Lipinski definition) is 0. The van der Waals surface area contributed by atoms with Crippen LogP contribution in [0.4, 0.5) is 0 Å². The van der Waals surface area contributed by atoms with E-state index in [0.717, 1.165) is 44.8 Å². The summed E-state index contributed by atoms with van der Waals surface area (Å²) in [5.74, 6) is 1.52. The summed E-state index contributed by atoms with van der Waals surface area (Å²) in [7, 11) is 0. The molecule has 0 aromatic heterocycles. The third-order valence-electron chi connectivity index (χ3n) is 6.40. The van der Waals surface area contributed by atoms with E-state index < -0.39 is 0 Å². The fourth-order valence-corrected chi connectivity index (χ4v) is 3.41. The number of ether oxygens (including phenoxy) is 1. The van der Waals surface area contributed by atoms with E-state index in [-0.39, 0.29) is 11.0 Å². The smallest absolute Gasteiger partial charge is 0.222 e. The molecule has 0 aromatic rings. The molecule has 0 bridgehead atoms. The minimum Gasteiger partial charge on any atom is -0.375 e. The first-order valence-corrected chi connectivity index (χ1v) is 9.95. The molecule has 0 N–H and O–H groups in total. The van der Waals surface area contributed by atoms with Gasteiger partial charge in [0.25, 0.3) is 0 Å². The van der Waals surface area contributed by atoms with Crippen LogP contribution in [0, 0.1) is 17.3 Å². The van der Waals surface area contributed by atoms with Crippen LogP contribution in [0.5, 0.6) is 0 Å². The van der Waals surface area contributed by atoms with E-state index in [1.54, 1.807) is 0 Å². The zero-order chi connectivity index (χ0) is 18.5. The average Bonchev–Trinajstić information content (AvgIpc) is 2.89. The fourth-order valence-electron chi connectivity index (χ4n) is 3.41. The van der Waals surface area contributed by atoms with Crippen molar-refractivity contribution in [2.45, 2.75) is 99.1 Å². The molecule has 0 spiro atoms. The molecule has 1 fully saturated rings. The highest BCUT2D eigenvalue weighted by molar-refractivity contribution is 5.78. The van der Waals surface area contributed by atoms with E-state index in [4.69, 9.17) is 4.74 Å². The molecule has 1 amide bonds. The molecule has 0 aliphatic carbocycles. The Labute approximate surface area is 150 Å². The molecule has 3 nitrogen and oxygen atoms in total. The summed E-state index contributed by atoms with van der Waals surface area (Å²) in [5, 5.41) is 0. The van der Waals surface area contributed by atoms with Crippen LogP contribution in [0.15, 0.2) is 0 Å². The van der Waals surface area contributed by atoms with Crippen LogP contribution < -0.4 is 0 Å². The normalized spacial score (nSPS) is 19.2. The molecule has 1 saturated heterocycles. The monoisotopic (exact) mass is 339 g/mol. The highest BCUT2D eigenvalue weighted by Crippen LogP contribution is 2.41. The van der Waals surface area contributed by atoms with E-state index in [9.17, 15) is 4.79 Å². The summed E-state index contributed by atoms with van der Waals surface area (Å²) in [6.45, 7) is 19.8. The second kappa shape index (κ2) is 8.69. The molecule has 1 aliphatic rings. The second-order valence-corrected chi connectivity index (χ2v) is 9.25. The van der Waals surface area contributed by atoms with E-state index in [1.165, 1.54) is 6.42 Å². The molecule has 0 radical (unpaired) electrons. The van der Waals surface area contributed by atoms with Gasteiger partial charge < -0.3 is 9.64 Å². The van der Waals surface area contributed by atoms with Crippen LogP contribution in [0.25, 0.3) is 0 Å². The molecule has 0 aromatic carbocycles. The summed E-state index contributed by atoms with van der Waals surface area (Å²) < 4.78 is 6.33. The van der Waals surface area contributed by atoms with Crippen molar-refractivity contribution in [1.29, 1.82) is 0 Å². The van der Waals surface area contributed by atoms with Crippen LogP contribution in [-0.4, -0.2) is 35.6 Å². The summed E-state index contributed by atoms with van der Waals surface area (Å²) in [6, 6.07) is 0.312. The van der Waals surface area contributed by atoms with Crippen molar-refractivity contribution in [1.82, 2.24) is 4.90 Å². The molecular weight excluding hydrogens is 298 g/mol. The fraction of sp³-hybridized carbons (Fsp3) is 0.952. The van der Waals surface area contributed by atoms with E-state index in [2.05, 4.69) is 60.3 Å². The van der Waals surface area contributed by atoms with Gasteiger partial charge in [0.2, 0.25) is 5.91 Å². The third kappa shape index (κ3) is 5.47. The maximum Gasteiger partial charge on any atom is 0.222 e. The second-order valence-electron chi connectivity index (χ2n) is 9.25. The van der Waals surface area contributed by atoms with Crippen LogP contribution >= 0.6 is 0 Å². The summed E-state index contributed by atoms with van der Waals surface area (Å²) >= 11 is 0. The van der Waals surface area contributed by atoms with Crippen LogP contribution in [0.2, 0.25) is 0 Å². The average molecular weight is 340 g/mol. The lowest BCUT2D eigenvalue weighted by atomic mass is 9.71. The van der Waals surface area contributed by atoms with Crippen molar-refractivity contribution >= 4 is 5.91 Å². The molecule has 3 heteroatoms. The zero-order valence-electron chi connectivity index (χ0n) is 17.4. The first-order valence-electron chi connectivity index (χ1n) is 9.95. The quantitative estimate of drug-likeness (QED) is 0.542. The Kier molecular flexibility index (Phi) is 7.77. The summed E-state index contributed by atoms with van der Waals surface area (Å²) in [5.41, 5.74) is -0.184. The highest BCUT2D eigenvalue weighted by atomic mass is 16.5. The molecular formula is C21H41NO2. The van der Waals surface area contributed by atoms with Crippen molar-refractivity contribution < 1.29 is 9.53 Å². The number of likely N-dealkylation sites (tertiary alicyclic amines) is 1. The summed E-state index contributed by atoms with van der Waals surface area (Å²) in [6.07, 6.45) is 5.05. The Hall–Kier alpha value is -0.570. The Balaban J connectivity index is 2.74. The predicted molar refractivity (Wildman–Crippen MR) is 102 cm³/mol. The number of carbonyl (C=O) groups excluding carboxylic acids is 1. The molecule has 2 atom stereocenters. The molecule has 1 heterocycles. The van der Waals surface area contributed by atoms with Crippen molar-refractivity contribution in [3.63, 3.8) is 0 Å². The lowest BCUT2D eigenvalue weighted by Gasteiger charge is -2.46. The minimum atomic E-state index is -0.198. The van der Waals surface area contributed by atoms with Gasteiger partial charge in [-0.3, -0.25) is 4.79 Å². The molecule has 142 valence electrons. The van der Waals surface area contributed by atoms with Crippen molar-refractivity contribution in [2.75, 3.05) is 13.2 Å². The first kappa shape index (κ1) is 21.5. The number of rotatable bonds is 10. The van der Waals surface area contributed by atoms with Gasteiger partial charge >= 0.3 is 0 Å². The van der Waals surface area contributed by atoms with Gasteiger partial charge in [-0.2, -0.15) is 0 Å². The third-order valence-corrected chi connectivity index (χ3v) is 6.40. The first-order chi connectivity index (χ1) is 11.0. The molecule has 1 rings (SSSR count). The highest BCUT2D eigenvalue weighted by Gasteiger charge is 2.42. The van der Waals surface area contributed by atoms with E-state index >= 15 is 0 Å². The Bertz CT molecular complexity index is 401. The number of hydrogen-bond acceptors (Lipinski definition) is 2. The van der Waals surface area contributed by atoms with Gasteiger partial charge in [-0.05, 0) is 50.4 Å². The number of nitrogens with zero attached hydrogens (tertiary/aromatic N) is 1. The standard InChI is InChI=1S/C21H41NO2/c1-9-17(4)12-14-24-21(7,8)20(5,6)15-18(16(2)3)22-13-10-11-19(22)23/h16-18H,9-15H2,1-8H3. The van der Waals surface area contributed by atoms with Crippen LogP contribution in [0.1, 0.15) is 87.5 Å². The SMILES string of the molecule is CCC(C)CCOC(C)(C)C(C)(C)CC(C(C)C)N1CCCC1=O. The van der Waals surface area contributed by atoms with Gasteiger partial charge in [-0.25, -0.2) is 0 Å². The topological polar surface area (TPSA) is 29.5 Å².